The van der Waals surface area contributed by atoms with Gasteiger partial charge >= 0.3 is 0 Å². The largest absolute Gasteiger partial charge is 0.0654 e. The molecule has 0 N–H and O–H groups in total. The average molecular weight is 526 g/mol. The molecule has 1 radical (unpaired) electrons. The van der Waals surface area contributed by atoms with Gasteiger partial charge in [0.05, 0.1) is 0 Å². The van der Waals surface area contributed by atoms with Crippen molar-refractivity contribution in [3.63, 3.8) is 0 Å². The number of benzene rings is 1. The topological polar surface area (TPSA) is 0 Å². The van der Waals surface area contributed by atoms with Crippen molar-refractivity contribution in [2.75, 3.05) is 0 Å². The maximum Gasteiger partial charge on any atom is -0.0279 e. The summed E-state index contributed by atoms with van der Waals surface area (Å²) < 4.78 is 0. The van der Waals surface area contributed by atoms with Gasteiger partial charge in [-0.15, -0.1) is 0 Å². The van der Waals surface area contributed by atoms with E-state index in [4.69, 9.17) is 0 Å². The molecule has 0 aliphatic carbocycles. The highest BCUT2D eigenvalue weighted by Gasteiger charge is 2.02. The molecule has 0 amide bonds. The molecule has 1 rings (SSSR count). The van der Waals surface area contributed by atoms with Crippen LogP contribution in [0.25, 0.3) is 0 Å². The summed E-state index contributed by atoms with van der Waals surface area (Å²) in [6, 6.07) is 7.38. The average Bonchev–Trinajstić information content (AvgIpc) is 2.93. The van der Waals surface area contributed by atoms with E-state index in [-0.39, 0.29) is 0 Å². The van der Waals surface area contributed by atoms with Gasteiger partial charge < -0.3 is 0 Å². The van der Waals surface area contributed by atoms with Crippen LogP contribution in [0.1, 0.15) is 197 Å². The lowest BCUT2D eigenvalue weighted by molar-refractivity contribution is 0.539. The molecule has 0 saturated carbocycles. The van der Waals surface area contributed by atoms with Crippen LogP contribution in [0, 0.1) is 6.92 Å². The molecule has 0 unspecified atom stereocenters. The summed E-state index contributed by atoms with van der Waals surface area (Å²) in [6.07, 6.45) is 40.8. The molecular weight excluding hydrogens is 456 g/mol. The molecule has 0 spiro atoms. The van der Waals surface area contributed by atoms with E-state index in [1.165, 1.54) is 185 Å². The van der Waals surface area contributed by atoms with Crippen molar-refractivity contribution >= 4 is 0 Å². The first-order chi connectivity index (χ1) is 18.8. The minimum absolute atomic E-state index is 0.929. The van der Waals surface area contributed by atoms with Crippen LogP contribution in [0.4, 0.5) is 0 Å². The summed E-state index contributed by atoms with van der Waals surface area (Å²) >= 11 is 0. The van der Waals surface area contributed by atoms with Crippen LogP contribution in [-0.2, 0) is 19.3 Å². The van der Waals surface area contributed by atoms with E-state index in [0.717, 1.165) is 6.42 Å². The zero-order valence-corrected chi connectivity index (χ0v) is 26.4. The highest BCUT2D eigenvalue weighted by atomic mass is 14.1. The van der Waals surface area contributed by atoms with Crippen molar-refractivity contribution in [2.45, 2.75) is 200 Å². The van der Waals surface area contributed by atoms with E-state index >= 15 is 0 Å². The molecule has 38 heavy (non-hydrogen) atoms. The van der Waals surface area contributed by atoms with E-state index in [2.05, 4.69) is 39.0 Å². The first-order valence-electron chi connectivity index (χ1n) is 17.7. The van der Waals surface area contributed by atoms with E-state index in [9.17, 15) is 0 Å². The maximum atomic E-state index is 4.18. The van der Waals surface area contributed by atoms with Crippen LogP contribution in [-0.4, -0.2) is 0 Å². The Bertz CT molecular complexity index is 552. The molecule has 0 aromatic heterocycles. The summed E-state index contributed by atoms with van der Waals surface area (Å²) in [4.78, 5) is 0. The highest BCUT2D eigenvalue weighted by Crippen LogP contribution is 2.19. The third-order valence-corrected chi connectivity index (χ3v) is 8.54. The zero-order valence-electron chi connectivity index (χ0n) is 26.4. The quantitative estimate of drug-likeness (QED) is 0.0912. The molecule has 0 heteroatoms. The molecule has 0 bridgehead atoms. The number of hydrogen-bond donors (Lipinski definition) is 0. The summed E-state index contributed by atoms with van der Waals surface area (Å²) in [6.45, 7) is 8.79. The van der Waals surface area contributed by atoms with Gasteiger partial charge in [-0.3, -0.25) is 0 Å². The van der Waals surface area contributed by atoms with Crippen LogP contribution in [0.5, 0.6) is 0 Å². The molecule has 0 aliphatic heterocycles. The van der Waals surface area contributed by atoms with Crippen LogP contribution >= 0.6 is 0 Å². The Morgan fingerprint density at radius 2 is 0.579 bits per heavy atom. The number of rotatable bonds is 29. The van der Waals surface area contributed by atoms with Crippen molar-refractivity contribution in [2.24, 2.45) is 0 Å². The summed E-state index contributed by atoms with van der Waals surface area (Å²) in [5.74, 6) is 0. The fraction of sp³-hybridized carbons (Fsp3) is 0.816. The first kappa shape index (κ1) is 35.2. The Balaban J connectivity index is 2.03. The Hall–Kier alpha value is -0.780. The van der Waals surface area contributed by atoms with Gasteiger partial charge in [-0.05, 0) is 55.7 Å². The van der Waals surface area contributed by atoms with Crippen LogP contribution < -0.4 is 0 Å². The first-order valence-corrected chi connectivity index (χ1v) is 17.7. The maximum absolute atomic E-state index is 4.18. The number of unbranched alkanes of at least 4 members (excludes halogenated alkanes) is 24. The second-order valence-corrected chi connectivity index (χ2v) is 12.4. The lowest BCUT2D eigenvalue weighted by atomic mass is 9.96. The Kier molecular flexibility index (Phi) is 25.8. The number of aryl methyl sites for hydroxylation is 2. The summed E-state index contributed by atoms with van der Waals surface area (Å²) in [5.41, 5.74) is 4.58. The second kappa shape index (κ2) is 27.8. The van der Waals surface area contributed by atoms with E-state index in [1.54, 1.807) is 11.1 Å². The highest BCUT2D eigenvalue weighted by molar-refractivity contribution is 5.31. The van der Waals surface area contributed by atoms with Gasteiger partial charge in [0.1, 0.15) is 0 Å². The number of hydrogen-bond acceptors (Lipinski definition) is 0. The fourth-order valence-corrected chi connectivity index (χ4v) is 5.97. The van der Waals surface area contributed by atoms with Gasteiger partial charge in [-0.1, -0.05) is 186 Å². The monoisotopic (exact) mass is 526 g/mol. The predicted octanol–water partition coefficient (Wildman–Crippen LogP) is 13.3. The second-order valence-electron chi connectivity index (χ2n) is 12.4. The normalized spacial score (nSPS) is 11.4. The molecular formula is C38H69. The molecule has 0 fully saturated rings. The zero-order chi connectivity index (χ0) is 27.4. The van der Waals surface area contributed by atoms with Crippen LogP contribution in [0.15, 0.2) is 18.2 Å². The third kappa shape index (κ3) is 22.1. The van der Waals surface area contributed by atoms with E-state index < -0.39 is 0 Å². The van der Waals surface area contributed by atoms with Gasteiger partial charge in [0.2, 0.25) is 0 Å². The summed E-state index contributed by atoms with van der Waals surface area (Å²) in [5, 5.41) is 0. The molecule has 1 aromatic rings. The van der Waals surface area contributed by atoms with Gasteiger partial charge in [0, 0.05) is 0 Å². The summed E-state index contributed by atoms with van der Waals surface area (Å²) in [7, 11) is 0. The van der Waals surface area contributed by atoms with Crippen LogP contribution in [0.3, 0.4) is 0 Å². The minimum Gasteiger partial charge on any atom is -0.0654 e. The lowest BCUT2D eigenvalue weighted by Gasteiger charge is -2.10. The van der Waals surface area contributed by atoms with Crippen molar-refractivity contribution in [3.05, 3.63) is 41.8 Å². The van der Waals surface area contributed by atoms with Gasteiger partial charge in [-0.25, -0.2) is 0 Å². The smallest absolute Gasteiger partial charge is 0.0279 e. The molecule has 0 saturated heterocycles. The Labute approximate surface area is 241 Å². The van der Waals surface area contributed by atoms with Gasteiger partial charge in [0.15, 0.2) is 0 Å². The fourth-order valence-electron chi connectivity index (χ4n) is 5.97. The standard InChI is InChI=1S/C38H69/c1-4-7-9-11-13-15-17-19-21-23-25-27-29-31-37-33-36(6-3)34-38(35-37)32-30-28-26-24-22-20-18-16-14-12-10-8-5-2/h33-35H,3-32H2,1-2H3. The van der Waals surface area contributed by atoms with E-state index in [0.29, 0.717) is 0 Å². The molecule has 0 aliphatic rings. The molecule has 0 atom stereocenters. The minimum atomic E-state index is 0.929. The molecule has 0 heterocycles. The molecule has 0 nitrogen and oxygen atoms in total. The van der Waals surface area contributed by atoms with Crippen LogP contribution in [0.2, 0.25) is 0 Å². The van der Waals surface area contributed by atoms with Crippen molar-refractivity contribution < 1.29 is 0 Å². The van der Waals surface area contributed by atoms with Crippen molar-refractivity contribution in [1.82, 2.24) is 0 Å². The third-order valence-electron chi connectivity index (χ3n) is 8.54. The van der Waals surface area contributed by atoms with Gasteiger partial charge in [-0.2, -0.15) is 0 Å². The Morgan fingerprint density at radius 1 is 0.342 bits per heavy atom. The molecule has 221 valence electrons. The van der Waals surface area contributed by atoms with E-state index in [1.807, 2.05) is 0 Å². The van der Waals surface area contributed by atoms with Gasteiger partial charge in [0.25, 0.3) is 0 Å². The predicted molar refractivity (Wildman–Crippen MR) is 174 cm³/mol. The van der Waals surface area contributed by atoms with Crippen molar-refractivity contribution in [3.8, 4) is 0 Å². The van der Waals surface area contributed by atoms with Crippen molar-refractivity contribution in [1.29, 1.82) is 0 Å². The lowest BCUT2D eigenvalue weighted by Crippen LogP contribution is -1.95. The molecule has 1 aromatic carbocycles. The Morgan fingerprint density at radius 3 is 0.842 bits per heavy atom. The SMILES string of the molecule is [CH2]Cc1cc(CCCCCCCCCCCCCCC)cc(CCCCCCCCCCCCCCC)c1.